The molecule has 0 unspecified atom stereocenters. The predicted octanol–water partition coefficient (Wildman–Crippen LogP) is -1.26. The molecule has 0 aliphatic heterocycles. The number of aliphatic hydroxyl groups is 3. The number of hydrogen-bond donors (Lipinski definition) is 3. The van der Waals surface area contributed by atoms with Gasteiger partial charge in [-0.1, -0.05) is 0 Å². The van der Waals surface area contributed by atoms with E-state index in [1.165, 1.54) is 0 Å². The first-order chi connectivity index (χ1) is 4.68. The van der Waals surface area contributed by atoms with Gasteiger partial charge in [-0.05, 0) is 6.92 Å². The molecule has 0 saturated carbocycles. The predicted molar refractivity (Wildman–Crippen MR) is 35.6 cm³/mol. The van der Waals surface area contributed by atoms with E-state index in [0.717, 1.165) is 0 Å². The molecule has 3 N–H and O–H groups in total. The van der Waals surface area contributed by atoms with Crippen molar-refractivity contribution >= 4 is 0 Å². The summed E-state index contributed by atoms with van der Waals surface area (Å²) in [6.07, 6.45) is 0. The van der Waals surface area contributed by atoms with Gasteiger partial charge < -0.3 is 20.1 Å². The number of hydrogen-bond acceptors (Lipinski definition) is 4. The Kier molecular flexibility index (Phi) is 4.55. The summed E-state index contributed by atoms with van der Waals surface area (Å²) in [7, 11) is 0. The molecule has 4 heteroatoms. The minimum absolute atomic E-state index is 0.102. The van der Waals surface area contributed by atoms with Crippen LogP contribution >= 0.6 is 0 Å². The lowest BCUT2D eigenvalue weighted by Crippen LogP contribution is -2.38. The minimum atomic E-state index is -0.914. The normalized spacial score (nSPS) is 12.0. The van der Waals surface area contributed by atoms with Crippen molar-refractivity contribution in [3.8, 4) is 0 Å². The molecule has 0 aliphatic carbocycles. The molecular formula is C6H14O4. The molecule has 0 aliphatic rings. The van der Waals surface area contributed by atoms with E-state index in [0.29, 0.717) is 0 Å². The van der Waals surface area contributed by atoms with Crippen molar-refractivity contribution in [3.05, 3.63) is 0 Å². The Balaban J connectivity index is 3.58. The third-order valence-corrected chi connectivity index (χ3v) is 1.21. The van der Waals surface area contributed by atoms with Gasteiger partial charge in [0.1, 0.15) is 5.60 Å². The smallest absolute Gasteiger partial charge is 0.111 e. The highest BCUT2D eigenvalue weighted by Gasteiger charge is 2.22. The van der Waals surface area contributed by atoms with Crippen LogP contribution in [0.25, 0.3) is 0 Å². The monoisotopic (exact) mass is 150 g/mol. The topological polar surface area (TPSA) is 69.9 Å². The summed E-state index contributed by atoms with van der Waals surface area (Å²) in [5.74, 6) is 0. The molecule has 62 valence electrons. The van der Waals surface area contributed by atoms with Crippen LogP contribution in [-0.4, -0.2) is 47.3 Å². The Hall–Kier alpha value is -0.160. The van der Waals surface area contributed by atoms with Gasteiger partial charge in [0, 0.05) is 0 Å². The van der Waals surface area contributed by atoms with Crippen LogP contribution in [-0.2, 0) is 4.74 Å². The Morgan fingerprint density at radius 3 is 2.00 bits per heavy atom. The molecule has 0 aromatic rings. The first-order valence-electron chi connectivity index (χ1n) is 3.15. The highest BCUT2D eigenvalue weighted by atomic mass is 16.5. The van der Waals surface area contributed by atoms with Crippen molar-refractivity contribution < 1.29 is 20.1 Å². The molecule has 0 rings (SSSR count). The summed E-state index contributed by atoms with van der Waals surface area (Å²) >= 11 is 0. The highest BCUT2D eigenvalue weighted by Crippen LogP contribution is 2.06. The molecule has 0 atom stereocenters. The number of rotatable bonds is 5. The summed E-state index contributed by atoms with van der Waals surface area (Å²) in [5, 5.41) is 25.6. The van der Waals surface area contributed by atoms with Gasteiger partial charge in [0.2, 0.25) is 0 Å². The third kappa shape index (κ3) is 3.12. The van der Waals surface area contributed by atoms with Crippen molar-refractivity contribution in [2.75, 3.05) is 26.4 Å². The number of ether oxygens (including phenoxy) is 1. The van der Waals surface area contributed by atoms with E-state index in [1.54, 1.807) is 6.92 Å². The van der Waals surface area contributed by atoms with Gasteiger partial charge in [0.05, 0.1) is 26.4 Å². The zero-order chi connectivity index (χ0) is 8.04. The molecule has 0 heterocycles. The maximum atomic E-state index is 8.65. The van der Waals surface area contributed by atoms with E-state index in [9.17, 15) is 0 Å². The summed E-state index contributed by atoms with van der Waals surface area (Å²) in [5.41, 5.74) is -0.914. The highest BCUT2D eigenvalue weighted by molar-refractivity contribution is 4.71. The molecule has 0 amide bonds. The molecule has 0 saturated heterocycles. The SMILES string of the molecule is CC(CO)(CO)OCCO. The Morgan fingerprint density at radius 2 is 1.70 bits per heavy atom. The maximum Gasteiger partial charge on any atom is 0.111 e. The van der Waals surface area contributed by atoms with Crippen LogP contribution in [0.4, 0.5) is 0 Å². The van der Waals surface area contributed by atoms with E-state index < -0.39 is 5.60 Å². The van der Waals surface area contributed by atoms with Crippen molar-refractivity contribution in [2.45, 2.75) is 12.5 Å². The molecule has 4 nitrogen and oxygen atoms in total. The largest absolute Gasteiger partial charge is 0.394 e. The van der Waals surface area contributed by atoms with E-state index in [2.05, 4.69) is 0 Å². The van der Waals surface area contributed by atoms with Crippen LogP contribution in [0.3, 0.4) is 0 Å². The average molecular weight is 150 g/mol. The van der Waals surface area contributed by atoms with Gasteiger partial charge >= 0.3 is 0 Å². The molecule has 0 bridgehead atoms. The Morgan fingerprint density at radius 1 is 1.20 bits per heavy atom. The first-order valence-corrected chi connectivity index (χ1v) is 3.15. The molecule has 10 heavy (non-hydrogen) atoms. The fourth-order valence-electron chi connectivity index (χ4n) is 0.433. The summed E-state index contributed by atoms with van der Waals surface area (Å²) in [6.45, 7) is 1.11. The van der Waals surface area contributed by atoms with Gasteiger partial charge in [-0.25, -0.2) is 0 Å². The second kappa shape index (κ2) is 4.62. The molecule has 0 aromatic carbocycles. The summed E-state index contributed by atoms with van der Waals surface area (Å²) in [6, 6.07) is 0. The van der Waals surface area contributed by atoms with Crippen LogP contribution in [0.2, 0.25) is 0 Å². The van der Waals surface area contributed by atoms with Gasteiger partial charge in [-0.3, -0.25) is 0 Å². The zero-order valence-electron chi connectivity index (χ0n) is 6.08. The van der Waals surface area contributed by atoms with E-state index >= 15 is 0 Å². The molecule has 0 spiro atoms. The van der Waals surface area contributed by atoms with Gasteiger partial charge in [-0.2, -0.15) is 0 Å². The lowest BCUT2D eigenvalue weighted by Gasteiger charge is -2.24. The van der Waals surface area contributed by atoms with Crippen molar-refractivity contribution in [1.29, 1.82) is 0 Å². The van der Waals surface area contributed by atoms with E-state index in [4.69, 9.17) is 20.1 Å². The van der Waals surface area contributed by atoms with Gasteiger partial charge in [-0.15, -0.1) is 0 Å². The second-order valence-corrected chi connectivity index (χ2v) is 2.34. The van der Waals surface area contributed by atoms with Crippen molar-refractivity contribution in [2.24, 2.45) is 0 Å². The molecular weight excluding hydrogens is 136 g/mol. The van der Waals surface area contributed by atoms with Crippen LogP contribution in [0.1, 0.15) is 6.92 Å². The van der Waals surface area contributed by atoms with Crippen LogP contribution < -0.4 is 0 Å². The Bertz CT molecular complexity index is 79.8. The lowest BCUT2D eigenvalue weighted by atomic mass is 10.1. The lowest BCUT2D eigenvalue weighted by molar-refractivity contribution is -0.103. The molecule has 0 fully saturated rings. The zero-order valence-corrected chi connectivity index (χ0v) is 6.08. The van der Waals surface area contributed by atoms with Crippen molar-refractivity contribution in [1.82, 2.24) is 0 Å². The van der Waals surface area contributed by atoms with Gasteiger partial charge in [0.15, 0.2) is 0 Å². The van der Waals surface area contributed by atoms with Crippen LogP contribution in [0, 0.1) is 0 Å². The fourth-order valence-corrected chi connectivity index (χ4v) is 0.433. The minimum Gasteiger partial charge on any atom is -0.394 e. The summed E-state index contributed by atoms with van der Waals surface area (Å²) in [4.78, 5) is 0. The summed E-state index contributed by atoms with van der Waals surface area (Å²) < 4.78 is 4.93. The molecule has 0 aromatic heterocycles. The van der Waals surface area contributed by atoms with Crippen LogP contribution in [0.15, 0.2) is 0 Å². The van der Waals surface area contributed by atoms with E-state index in [-0.39, 0.29) is 26.4 Å². The van der Waals surface area contributed by atoms with E-state index in [1.807, 2.05) is 0 Å². The molecule has 0 radical (unpaired) electrons. The Labute approximate surface area is 60.1 Å². The van der Waals surface area contributed by atoms with Crippen molar-refractivity contribution in [3.63, 3.8) is 0 Å². The third-order valence-electron chi connectivity index (χ3n) is 1.21. The maximum absolute atomic E-state index is 8.65. The van der Waals surface area contributed by atoms with Gasteiger partial charge in [0.25, 0.3) is 0 Å². The number of aliphatic hydroxyl groups excluding tert-OH is 3. The standard InChI is InChI=1S/C6H14O4/c1-6(4-8,5-9)10-3-2-7/h7-9H,2-5H2,1H3. The fraction of sp³-hybridized carbons (Fsp3) is 1.00. The first kappa shape index (κ1) is 9.84. The quantitative estimate of drug-likeness (QED) is 0.457. The van der Waals surface area contributed by atoms with Crippen LogP contribution in [0.5, 0.6) is 0 Å². The second-order valence-electron chi connectivity index (χ2n) is 2.34. The average Bonchev–Trinajstić information content (AvgIpc) is 2.00.